The molecule has 0 amide bonds. The summed E-state index contributed by atoms with van der Waals surface area (Å²) in [6.07, 6.45) is 0. The molecule has 13 heavy (non-hydrogen) atoms. The molecule has 0 saturated carbocycles. The van der Waals surface area contributed by atoms with Crippen LogP contribution in [0.5, 0.6) is 0 Å². The van der Waals surface area contributed by atoms with Gasteiger partial charge in [-0.25, -0.2) is 0 Å². The van der Waals surface area contributed by atoms with Crippen molar-refractivity contribution in [3.63, 3.8) is 0 Å². The van der Waals surface area contributed by atoms with E-state index in [1.54, 1.807) is 0 Å². The second kappa shape index (κ2) is 3.73. The molecule has 0 spiro atoms. The van der Waals surface area contributed by atoms with Crippen LogP contribution in [0.1, 0.15) is 55.4 Å². The fourth-order valence-electron chi connectivity index (χ4n) is 0.638. The zero-order valence-corrected chi connectivity index (χ0v) is 10.4. The van der Waals surface area contributed by atoms with Crippen LogP contribution >= 0.6 is 0 Å². The molecule has 0 bridgehead atoms. The maximum Gasteiger partial charge on any atom is 0.108 e. The summed E-state index contributed by atoms with van der Waals surface area (Å²) in [4.78, 5) is 0. The van der Waals surface area contributed by atoms with Crippen LogP contribution in [0.15, 0.2) is 11.3 Å². The fraction of sp³-hybridized carbons (Fsp3) is 0.833. The maximum atomic E-state index is 5.94. The molecule has 0 aromatic carbocycles. The molecule has 1 nitrogen and oxygen atoms in total. The molecule has 0 rings (SSSR count). The summed E-state index contributed by atoms with van der Waals surface area (Å²) in [6, 6.07) is 0. The van der Waals surface area contributed by atoms with Gasteiger partial charge in [0, 0.05) is 5.41 Å². The van der Waals surface area contributed by atoms with Crippen molar-refractivity contribution in [1.29, 1.82) is 0 Å². The molecule has 78 valence electrons. The van der Waals surface area contributed by atoms with Crippen molar-refractivity contribution in [2.45, 2.75) is 61.0 Å². The summed E-state index contributed by atoms with van der Waals surface area (Å²) >= 11 is 0. The van der Waals surface area contributed by atoms with Gasteiger partial charge in [-0.2, -0.15) is 0 Å². The van der Waals surface area contributed by atoms with E-state index in [4.69, 9.17) is 4.74 Å². The molecule has 1 heteroatoms. The molecule has 0 unspecified atom stereocenters. The first kappa shape index (κ1) is 12.5. The molecule has 0 heterocycles. The van der Waals surface area contributed by atoms with Crippen molar-refractivity contribution in [3.8, 4) is 0 Å². The van der Waals surface area contributed by atoms with Crippen LogP contribution in [0.2, 0.25) is 0 Å². The Bertz CT molecular complexity index is 200. The molecule has 0 aliphatic carbocycles. The molecule has 0 aromatic heterocycles. The fourth-order valence-corrected chi connectivity index (χ4v) is 0.638. The van der Waals surface area contributed by atoms with Gasteiger partial charge in [-0.1, -0.05) is 20.8 Å². The van der Waals surface area contributed by atoms with Gasteiger partial charge in [-0.15, -0.1) is 0 Å². The first-order valence-electron chi connectivity index (χ1n) is 4.91. The number of rotatable bonds is 2. The SMILES string of the molecule is CC(C)=C(C)OC(C)(C)C(C)(C)C. The Kier molecular flexibility index (Phi) is 3.60. The van der Waals surface area contributed by atoms with E-state index in [1.807, 2.05) is 6.92 Å². The van der Waals surface area contributed by atoms with Crippen LogP contribution < -0.4 is 0 Å². The third kappa shape index (κ3) is 3.41. The summed E-state index contributed by atoms with van der Waals surface area (Å²) in [5, 5.41) is 0. The minimum absolute atomic E-state index is 0.117. The minimum atomic E-state index is -0.117. The van der Waals surface area contributed by atoms with E-state index in [1.165, 1.54) is 5.57 Å². The molecule has 0 saturated heterocycles. The third-order valence-electron chi connectivity index (χ3n) is 2.92. The zero-order chi connectivity index (χ0) is 10.9. The van der Waals surface area contributed by atoms with Crippen molar-refractivity contribution >= 4 is 0 Å². The number of hydrogen-bond donors (Lipinski definition) is 0. The van der Waals surface area contributed by atoms with Crippen molar-refractivity contribution < 1.29 is 4.74 Å². The summed E-state index contributed by atoms with van der Waals surface area (Å²) < 4.78 is 5.94. The average Bonchev–Trinajstić information content (AvgIpc) is 1.83. The van der Waals surface area contributed by atoms with Crippen LogP contribution in [0.3, 0.4) is 0 Å². The Morgan fingerprint density at radius 1 is 0.846 bits per heavy atom. The van der Waals surface area contributed by atoms with Gasteiger partial charge >= 0.3 is 0 Å². The normalized spacial score (nSPS) is 12.6. The highest BCUT2D eigenvalue weighted by Crippen LogP contribution is 2.34. The van der Waals surface area contributed by atoms with Gasteiger partial charge in [-0.3, -0.25) is 0 Å². The lowest BCUT2D eigenvalue weighted by atomic mass is 9.79. The average molecular weight is 184 g/mol. The number of hydrogen-bond acceptors (Lipinski definition) is 1. The highest BCUT2D eigenvalue weighted by Gasteiger charge is 2.34. The lowest BCUT2D eigenvalue weighted by Crippen LogP contribution is -2.39. The van der Waals surface area contributed by atoms with E-state index in [0.717, 1.165) is 5.76 Å². The van der Waals surface area contributed by atoms with E-state index in [9.17, 15) is 0 Å². The Balaban J connectivity index is 4.63. The van der Waals surface area contributed by atoms with E-state index >= 15 is 0 Å². The topological polar surface area (TPSA) is 9.23 Å². The van der Waals surface area contributed by atoms with E-state index in [-0.39, 0.29) is 11.0 Å². The maximum absolute atomic E-state index is 5.94. The monoisotopic (exact) mass is 184 g/mol. The zero-order valence-electron chi connectivity index (χ0n) is 10.4. The Morgan fingerprint density at radius 2 is 1.23 bits per heavy atom. The second-order valence-corrected chi connectivity index (χ2v) is 5.42. The highest BCUT2D eigenvalue weighted by atomic mass is 16.5. The number of ether oxygens (including phenoxy) is 1. The first-order valence-corrected chi connectivity index (χ1v) is 4.91. The molecular weight excluding hydrogens is 160 g/mol. The molecule has 0 aromatic rings. The second-order valence-electron chi connectivity index (χ2n) is 5.42. The Morgan fingerprint density at radius 3 is 1.46 bits per heavy atom. The third-order valence-corrected chi connectivity index (χ3v) is 2.92. The molecular formula is C12H24O. The van der Waals surface area contributed by atoms with Gasteiger partial charge in [0.1, 0.15) is 5.60 Å². The van der Waals surface area contributed by atoms with Crippen LogP contribution in [-0.2, 0) is 4.74 Å². The van der Waals surface area contributed by atoms with E-state index in [2.05, 4.69) is 48.5 Å². The van der Waals surface area contributed by atoms with Crippen LogP contribution in [-0.4, -0.2) is 5.60 Å². The highest BCUT2D eigenvalue weighted by molar-refractivity contribution is 5.02. The number of allylic oxidation sites excluding steroid dienone is 2. The first-order chi connectivity index (χ1) is 5.58. The Labute approximate surface area is 83.2 Å². The summed E-state index contributed by atoms with van der Waals surface area (Å²) in [5.74, 6) is 1.04. The largest absolute Gasteiger partial charge is 0.492 e. The van der Waals surface area contributed by atoms with Crippen molar-refractivity contribution in [3.05, 3.63) is 11.3 Å². The molecule has 0 fully saturated rings. The van der Waals surface area contributed by atoms with Crippen molar-refractivity contribution in [2.75, 3.05) is 0 Å². The van der Waals surface area contributed by atoms with Gasteiger partial charge in [0.2, 0.25) is 0 Å². The molecule has 0 aliphatic heterocycles. The van der Waals surface area contributed by atoms with Crippen molar-refractivity contribution in [2.24, 2.45) is 5.41 Å². The van der Waals surface area contributed by atoms with Crippen LogP contribution in [0, 0.1) is 5.41 Å². The van der Waals surface area contributed by atoms with E-state index in [0.29, 0.717) is 0 Å². The molecule has 0 radical (unpaired) electrons. The molecule has 0 atom stereocenters. The predicted molar refractivity (Wildman–Crippen MR) is 58.7 cm³/mol. The summed E-state index contributed by atoms with van der Waals surface area (Å²) in [5.41, 5.74) is 1.29. The van der Waals surface area contributed by atoms with Crippen LogP contribution in [0.25, 0.3) is 0 Å². The standard InChI is InChI=1S/C12H24O/c1-9(2)10(3)13-12(7,8)11(4,5)6/h1-8H3. The molecule has 0 aliphatic rings. The van der Waals surface area contributed by atoms with Crippen molar-refractivity contribution in [1.82, 2.24) is 0 Å². The molecule has 0 N–H and O–H groups in total. The lowest BCUT2D eigenvalue weighted by Gasteiger charge is -2.39. The Hall–Kier alpha value is -0.460. The van der Waals surface area contributed by atoms with Crippen LogP contribution in [0.4, 0.5) is 0 Å². The lowest BCUT2D eigenvalue weighted by molar-refractivity contribution is -0.0528. The minimum Gasteiger partial charge on any atom is -0.492 e. The van der Waals surface area contributed by atoms with Gasteiger partial charge in [-0.05, 0) is 40.2 Å². The summed E-state index contributed by atoms with van der Waals surface area (Å²) in [7, 11) is 0. The van der Waals surface area contributed by atoms with Gasteiger partial charge in [0.05, 0.1) is 5.76 Å². The predicted octanol–water partition coefficient (Wildman–Crippen LogP) is 4.14. The van der Waals surface area contributed by atoms with Gasteiger partial charge in [0.15, 0.2) is 0 Å². The van der Waals surface area contributed by atoms with Gasteiger partial charge in [0.25, 0.3) is 0 Å². The van der Waals surface area contributed by atoms with E-state index < -0.39 is 0 Å². The smallest absolute Gasteiger partial charge is 0.108 e. The van der Waals surface area contributed by atoms with Gasteiger partial charge < -0.3 is 4.74 Å². The summed E-state index contributed by atoms with van der Waals surface area (Å²) in [6.45, 7) is 17.1. The quantitative estimate of drug-likeness (QED) is 0.586.